The predicted molar refractivity (Wildman–Crippen MR) is 132 cm³/mol. The quantitative estimate of drug-likeness (QED) is 0.457. The molecule has 1 aliphatic heterocycles. The number of carbonyl (C=O) groups is 1. The predicted octanol–water partition coefficient (Wildman–Crippen LogP) is 5.77. The largest absolute Gasteiger partial charge is 0.490 e. The van der Waals surface area contributed by atoms with Gasteiger partial charge in [0.25, 0.3) is 0 Å². The molecule has 5 heteroatoms. The van der Waals surface area contributed by atoms with Gasteiger partial charge < -0.3 is 19.3 Å². The lowest BCUT2D eigenvalue weighted by atomic mass is 9.95. The first-order valence-corrected chi connectivity index (χ1v) is 11.3. The molecule has 0 saturated carbocycles. The van der Waals surface area contributed by atoms with Gasteiger partial charge in [0.15, 0.2) is 17.6 Å². The third-order valence-corrected chi connectivity index (χ3v) is 5.85. The Kier molecular flexibility index (Phi) is 7.08. The smallest absolute Gasteiger partial charge is 0.304 e. The Balaban J connectivity index is 1.41. The lowest BCUT2D eigenvalue weighted by molar-refractivity contribution is -0.137. The van der Waals surface area contributed by atoms with E-state index >= 15 is 0 Å². The summed E-state index contributed by atoms with van der Waals surface area (Å²) in [4.78, 5) is 11.1. The van der Waals surface area contributed by atoms with Crippen LogP contribution in [-0.4, -0.2) is 30.4 Å². The Morgan fingerprint density at radius 3 is 2.50 bits per heavy atom. The molecule has 0 spiro atoms. The number of hydrogen-bond donors (Lipinski definition) is 1. The highest BCUT2D eigenvalue weighted by atomic mass is 16.6. The molecule has 1 heterocycles. The number of aliphatic carboxylic acids is 1. The van der Waals surface area contributed by atoms with Crippen molar-refractivity contribution < 1.29 is 24.1 Å². The van der Waals surface area contributed by atoms with Crippen LogP contribution in [0.15, 0.2) is 60.7 Å². The van der Waals surface area contributed by atoms with Gasteiger partial charge in [-0.25, -0.2) is 0 Å². The zero-order valence-electron chi connectivity index (χ0n) is 19.6. The molecule has 3 aromatic rings. The second-order valence-electron chi connectivity index (χ2n) is 8.40. The number of ether oxygens (including phenoxy) is 3. The fraction of sp³-hybridized carbons (Fsp3) is 0.276. The average molecular weight is 457 g/mol. The zero-order valence-corrected chi connectivity index (χ0v) is 19.6. The minimum atomic E-state index is -0.872. The first-order valence-electron chi connectivity index (χ1n) is 11.3. The molecule has 1 N–H and O–H groups in total. The van der Waals surface area contributed by atoms with Crippen molar-refractivity contribution in [3.63, 3.8) is 0 Å². The highest BCUT2D eigenvalue weighted by Crippen LogP contribution is 2.37. The van der Waals surface area contributed by atoms with Gasteiger partial charge in [0.2, 0.25) is 0 Å². The first kappa shape index (κ1) is 23.3. The van der Waals surface area contributed by atoms with Crippen molar-refractivity contribution in [2.45, 2.75) is 39.2 Å². The molecule has 0 unspecified atom stereocenters. The lowest BCUT2D eigenvalue weighted by Crippen LogP contribution is -2.34. The number of hydrogen-bond acceptors (Lipinski definition) is 4. The number of fused-ring (bicyclic) bond motifs is 1. The normalized spacial score (nSPS) is 15.1. The van der Waals surface area contributed by atoms with Crippen molar-refractivity contribution >= 4 is 5.97 Å². The Bertz CT molecular complexity index is 1210. The van der Waals surface area contributed by atoms with Crippen LogP contribution in [0.5, 0.6) is 17.2 Å². The topological polar surface area (TPSA) is 65.0 Å². The molecule has 0 aliphatic carbocycles. The molecule has 2 atom stereocenters. The van der Waals surface area contributed by atoms with Crippen LogP contribution in [0.3, 0.4) is 0 Å². The summed E-state index contributed by atoms with van der Waals surface area (Å²) in [6.07, 6.45) is -0.274. The number of aryl methyl sites for hydroxylation is 2. The summed E-state index contributed by atoms with van der Waals surface area (Å²) in [5.74, 6) is 6.68. The molecule has 0 fully saturated rings. The lowest BCUT2D eigenvalue weighted by Gasteiger charge is -2.27. The van der Waals surface area contributed by atoms with Crippen molar-refractivity contribution in [1.82, 2.24) is 0 Å². The molecule has 0 radical (unpaired) electrons. The van der Waals surface area contributed by atoms with Crippen LogP contribution in [0.2, 0.25) is 0 Å². The van der Waals surface area contributed by atoms with Gasteiger partial charge in [-0.3, -0.25) is 4.79 Å². The van der Waals surface area contributed by atoms with Crippen LogP contribution < -0.4 is 14.2 Å². The molecule has 0 bridgehead atoms. The van der Waals surface area contributed by atoms with Gasteiger partial charge >= 0.3 is 5.97 Å². The second-order valence-corrected chi connectivity index (χ2v) is 8.40. The monoisotopic (exact) mass is 456 g/mol. The van der Waals surface area contributed by atoms with E-state index in [1.165, 1.54) is 16.7 Å². The van der Waals surface area contributed by atoms with E-state index in [-0.39, 0.29) is 18.4 Å². The number of carboxylic acids is 1. The van der Waals surface area contributed by atoms with Gasteiger partial charge in [0, 0.05) is 0 Å². The van der Waals surface area contributed by atoms with E-state index in [4.69, 9.17) is 19.3 Å². The summed E-state index contributed by atoms with van der Waals surface area (Å²) in [6, 6.07) is 19.7. The fourth-order valence-corrected chi connectivity index (χ4v) is 4.21. The highest BCUT2D eigenvalue weighted by Gasteiger charge is 2.23. The number of carboxylic acid groups (broad SMARTS) is 1. The van der Waals surface area contributed by atoms with Crippen LogP contribution in [-0.2, 0) is 4.79 Å². The molecule has 0 aromatic heterocycles. The molecule has 0 amide bonds. The summed E-state index contributed by atoms with van der Waals surface area (Å²) in [6.45, 7) is 6.67. The maximum absolute atomic E-state index is 11.1. The molecule has 34 heavy (non-hydrogen) atoms. The Morgan fingerprint density at radius 1 is 1.09 bits per heavy atom. The molecule has 0 saturated heterocycles. The van der Waals surface area contributed by atoms with E-state index in [0.717, 1.165) is 16.9 Å². The molecule has 5 nitrogen and oxygen atoms in total. The Morgan fingerprint density at radius 2 is 1.82 bits per heavy atom. The summed E-state index contributed by atoms with van der Waals surface area (Å²) in [7, 11) is 0. The van der Waals surface area contributed by atoms with Gasteiger partial charge in [-0.05, 0) is 72.9 Å². The van der Waals surface area contributed by atoms with E-state index in [9.17, 15) is 4.79 Å². The third kappa shape index (κ3) is 5.35. The third-order valence-electron chi connectivity index (χ3n) is 5.85. The van der Waals surface area contributed by atoms with Gasteiger partial charge in [0.1, 0.15) is 19.0 Å². The van der Waals surface area contributed by atoms with Crippen molar-refractivity contribution in [2.24, 2.45) is 0 Å². The number of benzene rings is 3. The molecule has 1 aliphatic rings. The van der Waals surface area contributed by atoms with Gasteiger partial charge in [-0.2, -0.15) is 0 Å². The minimum absolute atomic E-state index is 0.0300. The van der Waals surface area contributed by atoms with E-state index in [1.807, 2.05) is 36.4 Å². The van der Waals surface area contributed by atoms with E-state index in [2.05, 4.69) is 50.0 Å². The SMILES string of the molecule is CC#C[C@@H](CC(=O)O)c1ccc(OC[C@H]2COc3ccc(-c4c(C)cccc4C)cc3O2)cc1. The summed E-state index contributed by atoms with van der Waals surface area (Å²) in [5.41, 5.74) is 5.60. The molecule has 4 rings (SSSR count). The van der Waals surface area contributed by atoms with Crippen LogP contribution in [0, 0.1) is 25.7 Å². The van der Waals surface area contributed by atoms with Crippen molar-refractivity contribution in [1.29, 1.82) is 0 Å². The molecular formula is C29H28O5. The second kappa shape index (κ2) is 10.4. The zero-order chi connectivity index (χ0) is 24.1. The highest BCUT2D eigenvalue weighted by molar-refractivity contribution is 5.73. The summed E-state index contributed by atoms with van der Waals surface area (Å²) >= 11 is 0. The van der Waals surface area contributed by atoms with Crippen LogP contribution in [0.25, 0.3) is 11.1 Å². The molecule has 3 aromatic carbocycles. The fourth-order valence-electron chi connectivity index (χ4n) is 4.21. The molecule has 174 valence electrons. The Hall–Kier alpha value is -3.91. The maximum Gasteiger partial charge on any atom is 0.304 e. The van der Waals surface area contributed by atoms with Crippen molar-refractivity contribution in [3.8, 4) is 40.2 Å². The molecular weight excluding hydrogens is 428 g/mol. The summed E-state index contributed by atoms with van der Waals surface area (Å²) < 4.78 is 18.0. The number of rotatable bonds is 7. The van der Waals surface area contributed by atoms with Gasteiger partial charge in [-0.15, -0.1) is 5.92 Å². The standard InChI is InChI=1S/C29H28O5/c1-4-6-22(16-28(30)31)21-9-12-24(13-10-21)32-17-25-18-33-26-14-11-23(15-27(26)34-25)29-19(2)7-5-8-20(29)3/h5,7-15,22,25H,16-18H2,1-3H3,(H,30,31)/t22-,25-/m0/s1. The van der Waals surface area contributed by atoms with Crippen molar-refractivity contribution in [3.05, 3.63) is 77.4 Å². The summed E-state index contributed by atoms with van der Waals surface area (Å²) in [5, 5.41) is 9.12. The van der Waals surface area contributed by atoms with Crippen molar-refractivity contribution in [2.75, 3.05) is 13.2 Å². The van der Waals surface area contributed by atoms with Crippen LogP contribution in [0.4, 0.5) is 0 Å². The Labute approximate surface area is 200 Å². The van der Waals surface area contributed by atoms with Crippen LogP contribution in [0.1, 0.15) is 36.0 Å². The van der Waals surface area contributed by atoms with Gasteiger partial charge in [0.05, 0.1) is 12.3 Å². The van der Waals surface area contributed by atoms with Gasteiger partial charge in [-0.1, -0.05) is 42.3 Å². The van der Waals surface area contributed by atoms with Crippen LogP contribution >= 0.6 is 0 Å². The van der Waals surface area contributed by atoms with E-state index in [0.29, 0.717) is 24.7 Å². The average Bonchev–Trinajstić information content (AvgIpc) is 2.82. The first-order chi connectivity index (χ1) is 16.4. The minimum Gasteiger partial charge on any atom is -0.490 e. The van der Waals surface area contributed by atoms with E-state index < -0.39 is 5.97 Å². The van der Waals surface area contributed by atoms with E-state index in [1.54, 1.807) is 6.92 Å². The maximum atomic E-state index is 11.1.